The number of anilines is 1. The van der Waals surface area contributed by atoms with Crippen molar-refractivity contribution in [2.45, 2.75) is 38.3 Å². The molecule has 0 aromatic heterocycles. The quantitative estimate of drug-likeness (QED) is 0.349. The van der Waals surface area contributed by atoms with E-state index in [-0.39, 0.29) is 23.3 Å². The summed E-state index contributed by atoms with van der Waals surface area (Å²) in [5.74, 6) is -0.536. The number of nitrogens with one attached hydrogen (secondary N) is 1. The van der Waals surface area contributed by atoms with Crippen molar-refractivity contribution in [1.82, 2.24) is 10.2 Å². The first-order valence-electron chi connectivity index (χ1n) is 12.0. The number of rotatable bonds is 11. The van der Waals surface area contributed by atoms with Crippen molar-refractivity contribution in [3.63, 3.8) is 0 Å². The van der Waals surface area contributed by atoms with E-state index >= 15 is 0 Å². The topological polar surface area (TPSA) is 86.8 Å². The van der Waals surface area contributed by atoms with Crippen molar-refractivity contribution >= 4 is 43.5 Å². The third-order valence-electron chi connectivity index (χ3n) is 5.77. The van der Waals surface area contributed by atoms with Crippen molar-refractivity contribution in [2.75, 3.05) is 17.4 Å². The second-order valence-electron chi connectivity index (χ2n) is 9.12. The van der Waals surface area contributed by atoms with Gasteiger partial charge in [0.25, 0.3) is 10.0 Å². The smallest absolute Gasteiger partial charge is 0.264 e. The minimum absolute atomic E-state index is 0.0776. The first-order chi connectivity index (χ1) is 17.6. The number of amides is 2. The zero-order chi connectivity index (χ0) is 27.0. The first kappa shape index (κ1) is 28.4. The van der Waals surface area contributed by atoms with Crippen molar-refractivity contribution in [1.29, 1.82) is 0 Å². The lowest BCUT2D eigenvalue weighted by molar-refractivity contribution is -0.139. The van der Waals surface area contributed by atoms with Crippen LogP contribution in [0.4, 0.5) is 5.69 Å². The number of nitrogens with zero attached hydrogens (tertiary/aromatic N) is 2. The molecule has 1 N–H and O–H groups in total. The molecule has 3 aromatic carbocycles. The molecule has 0 aliphatic heterocycles. The average Bonchev–Trinajstić information content (AvgIpc) is 2.90. The van der Waals surface area contributed by atoms with Crippen molar-refractivity contribution in [2.24, 2.45) is 5.92 Å². The van der Waals surface area contributed by atoms with Crippen LogP contribution in [0.25, 0.3) is 0 Å². The standard InChI is InChI=1S/C28H32BrN3O4S/c1-21(2)18-30-28(34)22(3)31(19-23-14-16-24(29)17-15-23)27(33)20-32(25-10-6-4-7-11-25)37(35,36)26-12-8-5-9-13-26/h4-17,21-22H,18-20H2,1-3H3,(H,30,34). The van der Waals surface area contributed by atoms with Crippen molar-refractivity contribution < 1.29 is 18.0 Å². The number of sulfonamides is 1. The van der Waals surface area contributed by atoms with Gasteiger partial charge in [0.05, 0.1) is 10.6 Å². The van der Waals surface area contributed by atoms with Crippen LogP contribution >= 0.6 is 15.9 Å². The molecule has 2 amide bonds. The van der Waals surface area contributed by atoms with E-state index in [1.54, 1.807) is 55.5 Å². The predicted molar refractivity (Wildman–Crippen MR) is 149 cm³/mol. The molecule has 7 nitrogen and oxygen atoms in total. The van der Waals surface area contributed by atoms with Crippen LogP contribution in [0.2, 0.25) is 0 Å². The number of carbonyl (C=O) groups excluding carboxylic acids is 2. The van der Waals surface area contributed by atoms with Crippen LogP contribution in [-0.4, -0.2) is 44.3 Å². The minimum atomic E-state index is -4.05. The molecule has 0 heterocycles. The molecule has 0 aliphatic carbocycles. The molecule has 3 rings (SSSR count). The molecule has 0 bridgehead atoms. The number of para-hydroxylation sites is 1. The summed E-state index contributed by atoms with van der Waals surface area (Å²) in [5.41, 5.74) is 1.18. The number of benzene rings is 3. The Morgan fingerprint density at radius 2 is 1.43 bits per heavy atom. The van der Waals surface area contributed by atoms with Crippen LogP contribution in [0.5, 0.6) is 0 Å². The number of hydrogen-bond donors (Lipinski definition) is 1. The van der Waals surface area contributed by atoms with Crippen LogP contribution < -0.4 is 9.62 Å². The molecule has 1 unspecified atom stereocenters. The molecule has 0 saturated carbocycles. The second-order valence-corrected chi connectivity index (χ2v) is 11.9. The monoisotopic (exact) mass is 585 g/mol. The average molecular weight is 587 g/mol. The first-order valence-corrected chi connectivity index (χ1v) is 14.3. The molecule has 0 saturated heterocycles. The SMILES string of the molecule is CC(C)CNC(=O)C(C)N(Cc1ccc(Br)cc1)C(=O)CN(c1ccccc1)S(=O)(=O)c1ccccc1. The summed E-state index contributed by atoms with van der Waals surface area (Å²) >= 11 is 3.41. The van der Waals surface area contributed by atoms with E-state index in [2.05, 4.69) is 21.2 Å². The molecule has 1 atom stereocenters. The fourth-order valence-corrected chi connectivity index (χ4v) is 5.36. The highest BCUT2D eigenvalue weighted by molar-refractivity contribution is 9.10. The van der Waals surface area contributed by atoms with E-state index < -0.39 is 28.5 Å². The predicted octanol–water partition coefficient (Wildman–Crippen LogP) is 4.83. The lowest BCUT2D eigenvalue weighted by Crippen LogP contribution is -2.51. The maximum atomic E-state index is 13.8. The van der Waals surface area contributed by atoms with Gasteiger partial charge in [0.1, 0.15) is 12.6 Å². The highest BCUT2D eigenvalue weighted by atomic mass is 79.9. The zero-order valence-electron chi connectivity index (χ0n) is 21.2. The molecule has 0 aliphatic rings. The Labute approximate surface area is 227 Å². The Hall–Kier alpha value is -3.17. The fraction of sp³-hybridized carbons (Fsp3) is 0.286. The number of hydrogen-bond acceptors (Lipinski definition) is 4. The molecule has 9 heteroatoms. The summed E-state index contributed by atoms with van der Waals surface area (Å²) in [7, 11) is -4.05. The van der Waals surface area contributed by atoms with Gasteiger partial charge in [0.2, 0.25) is 11.8 Å². The lowest BCUT2D eigenvalue weighted by atomic mass is 10.1. The minimum Gasteiger partial charge on any atom is -0.354 e. The molecule has 37 heavy (non-hydrogen) atoms. The largest absolute Gasteiger partial charge is 0.354 e. The molecule has 3 aromatic rings. The molecular formula is C28H32BrN3O4S. The Morgan fingerprint density at radius 3 is 2.00 bits per heavy atom. The third kappa shape index (κ3) is 7.66. The Morgan fingerprint density at radius 1 is 0.865 bits per heavy atom. The highest BCUT2D eigenvalue weighted by Gasteiger charge is 2.32. The van der Waals surface area contributed by atoms with E-state index in [4.69, 9.17) is 0 Å². The van der Waals surface area contributed by atoms with E-state index in [1.165, 1.54) is 17.0 Å². The van der Waals surface area contributed by atoms with Crippen LogP contribution in [0.1, 0.15) is 26.3 Å². The summed E-state index contributed by atoms with van der Waals surface area (Å²) in [5, 5.41) is 2.88. The van der Waals surface area contributed by atoms with E-state index in [0.717, 1.165) is 14.3 Å². The second kappa shape index (κ2) is 12.9. The van der Waals surface area contributed by atoms with Crippen LogP contribution in [0.3, 0.4) is 0 Å². The maximum Gasteiger partial charge on any atom is 0.264 e. The van der Waals surface area contributed by atoms with Gasteiger partial charge in [-0.15, -0.1) is 0 Å². The molecule has 0 radical (unpaired) electrons. The van der Waals surface area contributed by atoms with Crippen LogP contribution in [-0.2, 0) is 26.2 Å². The highest BCUT2D eigenvalue weighted by Crippen LogP contribution is 2.24. The van der Waals surface area contributed by atoms with Crippen molar-refractivity contribution in [3.05, 3.63) is 95.0 Å². The van der Waals surface area contributed by atoms with E-state index in [9.17, 15) is 18.0 Å². The Bertz CT molecular complexity index is 1280. The van der Waals surface area contributed by atoms with Gasteiger partial charge in [-0.05, 0) is 54.8 Å². The lowest BCUT2D eigenvalue weighted by Gasteiger charge is -2.32. The van der Waals surface area contributed by atoms with Crippen LogP contribution in [0.15, 0.2) is 94.3 Å². The van der Waals surface area contributed by atoms with Gasteiger partial charge in [-0.25, -0.2) is 8.42 Å². The summed E-state index contributed by atoms with van der Waals surface area (Å²) < 4.78 is 29.3. The normalized spacial score (nSPS) is 12.1. The number of halogens is 1. The maximum absolute atomic E-state index is 13.8. The van der Waals surface area contributed by atoms with Gasteiger partial charge in [-0.1, -0.05) is 78.3 Å². The molecule has 196 valence electrons. The summed E-state index contributed by atoms with van der Waals surface area (Å²) in [6.45, 7) is 5.80. The van der Waals surface area contributed by atoms with Gasteiger partial charge in [0, 0.05) is 17.6 Å². The zero-order valence-corrected chi connectivity index (χ0v) is 23.6. The van der Waals surface area contributed by atoms with Gasteiger partial charge in [-0.2, -0.15) is 0 Å². The van der Waals surface area contributed by atoms with Gasteiger partial charge in [-0.3, -0.25) is 13.9 Å². The third-order valence-corrected chi connectivity index (χ3v) is 8.09. The molecule has 0 spiro atoms. The van der Waals surface area contributed by atoms with E-state index in [1.807, 2.05) is 38.1 Å². The van der Waals surface area contributed by atoms with Gasteiger partial charge in [0.15, 0.2) is 0 Å². The van der Waals surface area contributed by atoms with Crippen LogP contribution in [0, 0.1) is 5.92 Å². The summed E-state index contributed by atoms with van der Waals surface area (Å²) in [4.78, 5) is 28.3. The molecular weight excluding hydrogens is 554 g/mol. The Kier molecular flexibility index (Phi) is 9.88. The van der Waals surface area contributed by atoms with Gasteiger partial charge < -0.3 is 10.2 Å². The number of carbonyl (C=O) groups is 2. The summed E-state index contributed by atoms with van der Waals surface area (Å²) in [6.07, 6.45) is 0. The van der Waals surface area contributed by atoms with Crippen molar-refractivity contribution in [3.8, 4) is 0 Å². The van der Waals surface area contributed by atoms with Gasteiger partial charge >= 0.3 is 0 Å². The summed E-state index contributed by atoms with van der Waals surface area (Å²) in [6, 6.07) is 23.1. The molecule has 0 fully saturated rings. The fourth-order valence-electron chi connectivity index (χ4n) is 3.66. The Balaban J connectivity index is 1.96. The van der Waals surface area contributed by atoms with E-state index in [0.29, 0.717) is 12.2 Å².